The quantitative estimate of drug-likeness (QED) is 0.357. The van der Waals surface area contributed by atoms with E-state index in [4.69, 9.17) is 0 Å². The molecule has 7 nitrogen and oxygen atoms in total. The van der Waals surface area contributed by atoms with Gasteiger partial charge in [-0.05, 0) is 67.5 Å². The van der Waals surface area contributed by atoms with E-state index in [-0.39, 0.29) is 17.5 Å². The zero-order valence-electron chi connectivity index (χ0n) is 22.1. The SMILES string of the molecule is Cc1[nH]cnc1C1(c2cccc(NC(=O)c3cc(CNCC(C)C)cn(CC(F)(F)F)c3=O)c2)CC(C)C1. The number of hydrogen-bond donors (Lipinski definition) is 3. The van der Waals surface area contributed by atoms with Gasteiger partial charge >= 0.3 is 6.18 Å². The van der Waals surface area contributed by atoms with E-state index in [1.165, 1.54) is 6.07 Å². The van der Waals surface area contributed by atoms with Crippen LogP contribution in [0.4, 0.5) is 18.9 Å². The molecule has 0 radical (unpaired) electrons. The Labute approximate surface area is 219 Å². The number of benzene rings is 1. The molecule has 10 heteroatoms. The summed E-state index contributed by atoms with van der Waals surface area (Å²) < 4.78 is 40.1. The third-order valence-electron chi connectivity index (χ3n) is 6.97. The van der Waals surface area contributed by atoms with Gasteiger partial charge in [-0.1, -0.05) is 32.9 Å². The fourth-order valence-electron chi connectivity index (χ4n) is 5.40. The van der Waals surface area contributed by atoms with E-state index in [0.717, 1.165) is 36.0 Å². The molecule has 1 fully saturated rings. The summed E-state index contributed by atoms with van der Waals surface area (Å²) in [5, 5.41) is 5.89. The lowest BCUT2D eigenvalue weighted by molar-refractivity contribution is -0.141. The number of H-pyrrole nitrogens is 1. The molecule has 0 atom stereocenters. The van der Waals surface area contributed by atoms with Crippen molar-refractivity contribution in [3.05, 3.63) is 81.3 Å². The molecule has 204 valence electrons. The van der Waals surface area contributed by atoms with Crippen molar-refractivity contribution < 1.29 is 18.0 Å². The van der Waals surface area contributed by atoms with Gasteiger partial charge in [0.05, 0.1) is 12.0 Å². The van der Waals surface area contributed by atoms with Crippen LogP contribution in [0.2, 0.25) is 0 Å². The first-order valence-corrected chi connectivity index (χ1v) is 12.8. The second-order valence-electron chi connectivity index (χ2n) is 10.8. The molecule has 1 aliphatic rings. The molecule has 1 saturated carbocycles. The average Bonchev–Trinajstić information content (AvgIpc) is 3.23. The second kappa shape index (κ2) is 10.8. The molecular formula is C28H34F3N5O2. The summed E-state index contributed by atoms with van der Waals surface area (Å²) in [6, 6.07) is 8.75. The van der Waals surface area contributed by atoms with Crippen LogP contribution in [-0.4, -0.2) is 33.2 Å². The predicted octanol–water partition coefficient (Wildman–Crippen LogP) is 5.16. The summed E-state index contributed by atoms with van der Waals surface area (Å²) in [4.78, 5) is 33.8. The van der Waals surface area contributed by atoms with Crippen LogP contribution in [0.15, 0.2) is 47.7 Å². The molecule has 0 saturated heterocycles. The molecule has 1 aromatic carbocycles. The Balaban J connectivity index is 1.63. The number of aromatic amines is 1. The van der Waals surface area contributed by atoms with Gasteiger partial charge in [0.1, 0.15) is 12.1 Å². The smallest absolute Gasteiger partial charge is 0.348 e. The fraction of sp³-hybridized carbons (Fsp3) is 0.464. The van der Waals surface area contributed by atoms with Gasteiger partial charge in [0.15, 0.2) is 0 Å². The summed E-state index contributed by atoms with van der Waals surface area (Å²) in [6.45, 7) is 7.58. The molecule has 3 aromatic rings. The molecule has 1 aliphatic carbocycles. The normalized spacial score (nSPS) is 19.4. The Morgan fingerprint density at radius 2 is 2.00 bits per heavy atom. The minimum absolute atomic E-state index is 0.232. The van der Waals surface area contributed by atoms with Crippen LogP contribution >= 0.6 is 0 Å². The first kappa shape index (κ1) is 27.6. The van der Waals surface area contributed by atoms with Gasteiger partial charge in [-0.2, -0.15) is 13.2 Å². The number of anilines is 1. The van der Waals surface area contributed by atoms with E-state index < -0.39 is 24.2 Å². The van der Waals surface area contributed by atoms with Gasteiger partial charge in [0, 0.05) is 29.5 Å². The molecule has 1 amide bonds. The van der Waals surface area contributed by atoms with Gasteiger partial charge in [-0.15, -0.1) is 0 Å². The summed E-state index contributed by atoms with van der Waals surface area (Å²) in [6.07, 6.45) is 0.0478. The highest BCUT2D eigenvalue weighted by atomic mass is 19.4. The van der Waals surface area contributed by atoms with Gasteiger partial charge in [0.25, 0.3) is 11.5 Å². The molecule has 0 aliphatic heterocycles. The van der Waals surface area contributed by atoms with E-state index in [1.54, 1.807) is 12.4 Å². The van der Waals surface area contributed by atoms with E-state index in [1.807, 2.05) is 39.0 Å². The zero-order valence-corrected chi connectivity index (χ0v) is 22.1. The van der Waals surface area contributed by atoms with Crippen molar-refractivity contribution in [1.82, 2.24) is 19.9 Å². The first-order valence-electron chi connectivity index (χ1n) is 12.8. The number of carbonyl (C=O) groups excluding carboxylic acids is 1. The van der Waals surface area contributed by atoms with Gasteiger partial charge in [0.2, 0.25) is 0 Å². The maximum Gasteiger partial charge on any atom is 0.406 e. The van der Waals surface area contributed by atoms with Crippen molar-refractivity contribution in [3.8, 4) is 0 Å². The number of nitrogens with zero attached hydrogens (tertiary/aromatic N) is 2. The predicted molar refractivity (Wildman–Crippen MR) is 140 cm³/mol. The Kier molecular flexibility index (Phi) is 7.83. The third-order valence-corrected chi connectivity index (χ3v) is 6.97. The number of pyridine rings is 1. The Morgan fingerprint density at radius 1 is 1.26 bits per heavy atom. The van der Waals surface area contributed by atoms with Gasteiger partial charge in [-0.25, -0.2) is 4.98 Å². The number of nitrogens with one attached hydrogen (secondary N) is 3. The van der Waals surface area contributed by atoms with Crippen molar-refractivity contribution in [2.24, 2.45) is 11.8 Å². The Bertz CT molecular complexity index is 1350. The number of carbonyl (C=O) groups is 1. The number of alkyl halides is 3. The number of halogens is 3. The lowest BCUT2D eigenvalue weighted by Crippen LogP contribution is -2.42. The van der Waals surface area contributed by atoms with Crippen LogP contribution in [0.3, 0.4) is 0 Å². The largest absolute Gasteiger partial charge is 0.406 e. The molecule has 3 N–H and O–H groups in total. The number of aryl methyl sites for hydroxylation is 1. The summed E-state index contributed by atoms with van der Waals surface area (Å²) in [7, 11) is 0. The molecular weight excluding hydrogens is 495 g/mol. The van der Waals surface area contributed by atoms with Crippen molar-refractivity contribution in [1.29, 1.82) is 0 Å². The van der Waals surface area contributed by atoms with Crippen LogP contribution in [0.5, 0.6) is 0 Å². The maximum atomic E-state index is 13.2. The number of imidazole rings is 1. The van der Waals surface area contributed by atoms with Crippen LogP contribution in [0, 0.1) is 18.8 Å². The maximum absolute atomic E-state index is 13.2. The standard InChI is InChI=1S/C28H34F3N5O2/c1-17(2)12-32-13-20-8-23(26(38)36(14-20)15-28(29,30)31)25(37)35-22-7-5-6-21(9-22)27(10-18(3)11-27)24-19(4)33-16-34-24/h5-9,14,16-18,32H,10-13,15H2,1-4H3,(H,33,34)(H,35,37). The van der Waals surface area contributed by atoms with Crippen molar-refractivity contribution >= 4 is 11.6 Å². The highest BCUT2D eigenvalue weighted by Crippen LogP contribution is 2.52. The highest BCUT2D eigenvalue weighted by molar-refractivity contribution is 6.04. The van der Waals surface area contributed by atoms with Crippen molar-refractivity contribution in [2.75, 3.05) is 11.9 Å². The monoisotopic (exact) mass is 529 g/mol. The van der Waals surface area contributed by atoms with Crippen molar-refractivity contribution in [2.45, 2.75) is 65.2 Å². The van der Waals surface area contributed by atoms with E-state index >= 15 is 0 Å². The summed E-state index contributed by atoms with van der Waals surface area (Å²) in [5.41, 5.74) is 2.22. The number of amides is 1. The van der Waals surface area contributed by atoms with Crippen molar-refractivity contribution in [3.63, 3.8) is 0 Å². The molecule has 0 spiro atoms. The Hall–Kier alpha value is -3.40. The highest BCUT2D eigenvalue weighted by Gasteiger charge is 2.47. The lowest BCUT2D eigenvalue weighted by atomic mass is 9.57. The molecule has 0 unspecified atom stereocenters. The second-order valence-corrected chi connectivity index (χ2v) is 10.8. The number of rotatable bonds is 9. The minimum Gasteiger partial charge on any atom is -0.348 e. The minimum atomic E-state index is -4.60. The summed E-state index contributed by atoms with van der Waals surface area (Å²) in [5.74, 6) is 0.0996. The number of hydrogen-bond acceptors (Lipinski definition) is 4. The van der Waals surface area contributed by atoms with Gasteiger partial charge in [-0.3, -0.25) is 9.59 Å². The lowest BCUT2D eigenvalue weighted by Gasteiger charge is -2.46. The molecule has 2 aromatic heterocycles. The zero-order chi connectivity index (χ0) is 27.7. The van der Waals surface area contributed by atoms with Crippen LogP contribution in [0.25, 0.3) is 0 Å². The van der Waals surface area contributed by atoms with E-state index in [2.05, 4.69) is 27.5 Å². The summed E-state index contributed by atoms with van der Waals surface area (Å²) >= 11 is 0. The van der Waals surface area contributed by atoms with E-state index in [0.29, 0.717) is 34.2 Å². The molecule has 0 bridgehead atoms. The number of aromatic nitrogens is 3. The van der Waals surface area contributed by atoms with E-state index in [9.17, 15) is 22.8 Å². The van der Waals surface area contributed by atoms with Gasteiger partial charge < -0.3 is 20.2 Å². The average molecular weight is 530 g/mol. The van der Waals surface area contributed by atoms with Crippen LogP contribution in [0.1, 0.15) is 66.5 Å². The van der Waals surface area contributed by atoms with Crippen LogP contribution in [-0.2, 0) is 18.5 Å². The topological polar surface area (TPSA) is 91.8 Å². The Morgan fingerprint density at radius 3 is 2.61 bits per heavy atom. The third kappa shape index (κ3) is 6.01. The molecule has 38 heavy (non-hydrogen) atoms. The molecule has 4 rings (SSSR count). The first-order chi connectivity index (χ1) is 17.9. The van der Waals surface area contributed by atoms with Crippen LogP contribution < -0.4 is 16.2 Å². The molecule has 2 heterocycles. The fourth-order valence-corrected chi connectivity index (χ4v) is 5.40.